The van der Waals surface area contributed by atoms with E-state index in [-0.39, 0.29) is 0 Å². The van der Waals surface area contributed by atoms with Crippen LogP contribution in [-0.4, -0.2) is 0 Å². The highest BCUT2D eigenvalue weighted by atomic mass is 16.3. The minimum Gasteiger partial charge on any atom is -0.460 e. The Labute approximate surface area is 154 Å². The quantitative estimate of drug-likeness (QED) is 0.447. The maximum Gasteiger partial charge on any atom is 0.139 e. The molecule has 1 N–H and O–H groups in total. The first kappa shape index (κ1) is 16.2. The molecule has 0 aliphatic carbocycles. The Hall–Kier alpha value is -3.26. The lowest BCUT2D eigenvalue weighted by Crippen LogP contribution is -2.01. The monoisotopic (exact) mass is 339 g/mol. The van der Waals surface area contributed by atoms with Gasteiger partial charge in [-0.25, -0.2) is 0 Å². The molecule has 0 saturated heterocycles. The van der Waals surface area contributed by atoms with Crippen LogP contribution >= 0.6 is 0 Å². The molecule has 0 aliphatic heterocycles. The summed E-state index contributed by atoms with van der Waals surface area (Å²) >= 11 is 0. The zero-order valence-electron chi connectivity index (χ0n) is 14.8. The van der Waals surface area contributed by atoms with E-state index < -0.39 is 0 Å². The smallest absolute Gasteiger partial charge is 0.139 e. The standard InChI is InChI=1S/C24H21NO/c1-18-23(19-11-5-2-6-12-19)22(17-25-21-15-9-4-10-16-21)24(26-18)20-13-7-3-8-14-20/h2-16,25H,17H2,1H3. The lowest BCUT2D eigenvalue weighted by molar-refractivity contribution is 0.547. The highest BCUT2D eigenvalue weighted by Gasteiger charge is 2.20. The van der Waals surface area contributed by atoms with Crippen molar-refractivity contribution in [3.63, 3.8) is 0 Å². The zero-order valence-corrected chi connectivity index (χ0v) is 14.8. The number of furan rings is 1. The van der Waals surface area contributed by atoms with Crippen LogP contribution in [0.1, 0.15) is 11.3 Å². The minimum atomic E-state index is 0.704. The van der Waals surface area contributed by atoms with Gasteiger partial charge in [-0.05, 0) is 24.6 Å². The second-order valence-electron chi connectivity index (χ2n) is 6.29. The Morgan fingerprint density at radius 2 is 1.23 bits per heavy atom. The molecule has 4 aromatic rings. The number of benzene rings is 3. The van der Waals surface area contributed by atoms with Crippen molar-refractivity contribution in [1.29, 1.82) is 0 Å². The fourth-order valence-corrected chi connectivity index (χ4v) is 3.31. The zero-order chi connectivity index (χ0) is 17.8. The van der Waals surface area contributed by atoms with Crippen LogP contribution in [-0.2, 0) is 6.54 Å². The van der Waals surface area contributed by atoms with Crippen molar-refractivity contribution >= 4 is 5.69 Å². The Morgan fingerprint density at radius 3 is 1.85 bits per heavy atom. The summed E-state index contributed by atoms with van der Waals surface area (Å²) < 4.78 is 6.23. The number of aryl methyl sites for hydroxylation is 1. The summed E-state index contributed by atoms with van der Waals surface area (Å²) in [7, 11) is 0. The molecule has 128 valence electrons. The molecule has 0 radical (unpaired) electrons. The second kappa shape index (κ2) is 7.32. The second-order valence-corrected chi connectivity index (χ2v) is 6.29. The van der Waals surface area contributed by atoms with Gasteiger partial charge in [-0.15, -0.1) is 0 Å². The van der Waals surface area contributed by atoms with Crippen LogP contribution in [0.3, 0.4) is 0 Å². The molecule has 0 aliphatic rings. The number of rotatable bonds is 5. The van der Waals surface area contributed by atoms with E-state index in [9.17, 15) is 0 Å². The van der Waals surface area contributed by atoms with Crippen molar-refractivity contribution in [2.45, 2.75) is 13.5 Å². The van der Waals surface area contributed by atoms with E-state index in [4.69, 9.17) is 4.42 Å². The van der Waals surface area contributed by atoms with E-state index >= 15 is 0 Å². The molecule has 0 saturated carbocycles. The summed E-state index contributed by atoms with van der Waals surface area (Å²) in [6.45, 7) is 2.75. The minimum absolute atomic E-state index is 0.704. The van der Waals surface area contributed by atoms with Crippen LogP contribution in [0.4, 0.5) is 5.69 Å². The van der Waals surface area contributed by atoms with Gasteiger partial charge in [-0.1, -0.05) is 78.9 Å². The molecule has 3 aromatic carbocycles. The van der Waals surface area contributed by atoms with Gasteiger partial charge >= 0.3 is 0 Å². The molecule has 26 heavy (non-hydrogen) atoms. The van der Waals surface area contributed by atoms with Gasteiger partial charge in [0.25, 0.3) is 0 Å². The topological polar surface area (TPSA) is 25.2 Å². The fourth-order valence-electron chi connectivity index (χ4n) is 3.31. The number of hydrogen-bond donors (Lipinski definition) is 1. The van der Waals surface area contributed by atoms with Gasteiger partial charge in [0.05, 0.1) is 0 Å². The third-order valence-corrected chi connectivity index (χ3v) is 4.52. The maximum absolute atomic E-state index is 6.23. The van der Waals surface area contributed by atoms with Crippen LogP contribution in [0.25, 0.3) is 22.5 Å². The van der Waals surface area contributed by atoms with Crippen molar-refractivity contribution in [3.05, 3.63) is 102 Å². The van der Waals surface area contributed by atoms with Crippen molar-refractivity contribution in [2.24, 2.45) is 0 Å². The molecule has 0 atom stereocenters. The average molecular weight is 339 g/mol. The number of hydrogen-bond acceptors (Lipinski definition) is 2. The molecule has 2 nitrogen and oxygen atoms in total. The Balaban J connectivity index is 1.80. The molecular formula is C24H21NO. The van der Waals surface area contributed by atoms with Crippen molar-refractivity contribution < 1.29 is 4.42 Å². The average Bonchev–Trinajstić information content (AvgIpc) is 3.04. The molecule has 4 rings (SSSR count). The first-order valence-corrected chi connectivity index (χ1v) is 8.85. The SMILES string of the molecule is Cc1oc(-c2ccccc2)c(CNc2ccccc2)c1-c1ccccc1. The Morgan fingerprint density at radius 1 is 0.692 bits per heavy atom. The van der Waals surface area contributed by atoms with E-state index in [0.717, 1.165) is 22.8 Å². The van der Waals surface area contributed by atoms with Gasteiger partial charge in [0.1, 0.15) is 11.5 Å². The molecular weight excluding hydrogens is 318 g/mol. The van der Waals surface area contributed by atoms with E-state index in [1.54, 1.807) is 0 Å². The summed E-state index contributed by atoms with van der Waals surface area (Å²) in [4.78, 5) is 0. The van der Waals surface area contributed by atoms with E-state index in [2.05, 4.69) is 53.8 Å². The summed E-state index contributed by atoms with van der Waals surface area (Å²) in [5.74, 6) is 1.88. The summed E-state index contributed by atoms with van der Waals surface area (Å²) in [6.07, 6.45) is 0. The highest BCUT2D eigenvalue weighted by molar-refractivity contribution is 5.78. The van der Waals surface area contributed by atoms with Crippen LogP contribution in [0.15, 0.2) is 95.4 Å². The van der Waals surface area contributed by atoms with Crippen molar-refractivity contribution in [1.82, 2.24) is 0 Å². The van der Waals surface area contributed by atoms with E-state index in [1.807, 2.05) is 49.4 Å². The first-order valence-electron chi connectivity index (χ1n) is 8.85. The van der Waals surface area contributed by atoms with Gasteiger partial charge in [-0.3, -0.25) is 0 Å². The third-order valence-electron chi connectivity index (χ3n) is 4.52. The Bertz CT molecular complexity index is 973. The Kier molecular flexibility index (Phi) is 4.57. The summed E-state index contributed by atoms with van der Waals surface area (Å²) in [6, 6.07) is 31.0. The molecule has 2 heteroatoms. The van der Waals surface area contributed by atoms with E-state index in [0.29, 0.717) is 6.54 Å². The molecule has 1 heterocycles. The summed E-state index contributed by atoms with van der Waals surface area (Å²) in [5, 5.41) is 3.53. The predicted molar refractivity (Wildman–Crippen MR) is 108 cm³/mol. The normalized spacial score (nSPS) is 10.7. The summed E-state index contributed by atoms with van der Waals surface area (Å²) in [5.41, 5.74) is 5.74. The number of anilines is 1. The van der Waals surface area contributed by atoms with Gasteiger partial charge in [0.15, 0.2) is 0 Å². The predicted octanol–water partition coefficient (Wildman–Crippen LogP) is 6.53. The van der Waals surface area contributed by atoms with Gasteiger partial charge in [-0.2, -0.15) is 0 Å². The molecule has 1 aromatic heterocycles. The fraction of sp³-hybridized carbons (Fsp3) is 0.0833. The lowest BCUT2D eigenvalue weighted by atomic mass is 9.98. The highest BCUT2D eigenvalue weighted by Crippen LogP contribution is 2.38. The number of nitrogens with one attached hydrogen (secondary N) is 1. The van der Waals surface area contributed by atoms with Gasteiger partial charge < -0.3 is 9.73 Å². The molecule has 0 bridgehead atoms. The molecule has 0 fully saturated rings. The molecule has 0 spiro atoms. The van der Waals surface area contributed by atoms with Crippen LogP contribution < -0.4 is 5.32 Å². The largest absolute Gasteiger partial charge is 0.460 e. The van der Waals surface area contributed by atoms with E-state index in [1.165, 1.54) is 16.7 Å². The molecule has 0 amide bonds. The number of para-hydroxylation sites is 1. The van der Waals surface area contributed by atoms with Crippen molar-refractivity contribution in [3.8, 4) is 22.5 Å². The van der Waals surface area contributed by atoms with Crippen LogP contribution in [0.5, 0.6) is 0 Å². The lowest BCUT2D eigenvalue weighted by Gasteiger charge is -2.10. The van der Waals surface area contributed by atoms with Gasteiger partial charge in [0.2, 0.25) is 0 Å². The van der Waals surface area contributed by atoms with Crippen LogP contribution in [0.2, 0.25) is 0 Å². The first-order chi connectivity index (χ1) is 12.8. The molecule has 0 unspecified atom stereocenters. The maximum atomic E-state index is 6.23. The van der Waals surface area contributed by atoms with Gasteiger partial charge in [0, 0.05) is 28.9 Å². The van der Waals surface area contributed by atoms with Crippen LogP contribution in [0, 0.1) is 6.92 Å². The third kappa shape index (κ3) is 3.27. The van der Waals surface area contributed by atoms with Crippen molar-refractivity contribution in [2.75, 3.05) is 5.32 Å².